The topological polar surface area (TPSA) is 64.9 Å². The van der Waals surface area contributed by atoms with E-state index in [0.29, 0.717) is 18.1 Å². The third-order valence-electron chi connectivity index (χ3n) is 1.75. The van der Waals surface area contributed by atoms with Crippen LogP contribution in [0.15, 0.2) is 20.4 Å². The van der Waals surface area contributed by atoms with Crippen LogP contribution < -0.4 is 5.73 Å². The summed E-state index contributed by atoms with van der Waals surface area (Å²) >= 11 is 4.95. The van der Waals surface area contributed by atoms with Gasteiger partial charge in [-0.1, -0.05) is 5.16 Å². The van der Waals surface area contributed by atoms with Crippen molar-refractivity contribution in [1.82, 2.24) is 10.1 Å². The molecule has 0 aliphatic heterocycles. The number of halogens is 2. The van der Waals surface area contributed by atoms with Crippen LogP contribution >= 0.6 is 39.7 Å². The van der Waals surface area contributed by atoms with E-state index in [-0.39, 0.29) is 18.4 Å². The monoisotopic (exact) mass is 323 g/mol. The molecule has 7 heteroatoms. The average molecular weight is 325 g/mol. The summed E-state index contributed by atoms with van der Waals surface area (Å²) in [5, 5.41) is 5.88. The van der Waals surface area contributed by atoms with Crippen LogP contribution in [0.2, 0.25) is 0 Å². The van der Waals surface area contributed by atoms with Gasteiger partial charge in [0.1, 0.15) is 0 Å². The van der Waals surface area contributed by atoms with Gasteiger partial charge in [-0.2, -0.15) is 4.98 Å². The lowest BCUT2D eigenvalue weighted by Crippen LogP contribution is -2.17. The van der Waals surface area contributed by atoms with Crippen LogP contribution in [-0.4, -0.2) is 16.2 Å². The summed E-state index contributed by atoms with van der Waals surface area (Å²) < 4.78 is 6.12. The molecule has 0 bridgehead atoms. The van der Waals surface area contributed by atoms with Crippen molar-refractivity contribution in [2.75, 3.05) is 0 Å². The number of thiophene rings is 1. The Kier molecular flexibility index (Phi) is 4.91. The largest absolute Gasteiger partial charge is 0.339 e. The summed E-state index contributed by atoms with van der Waals surface area (Å²) in [6.07, 6.45) is 0.611. The van der Waals surface area contributed by atoms with Crippen molar-refractivity contribution in [3.05, 3.63) is 21.8 Å². The molecule has 16 heavy (non-hydrogen) atoms. The first-order valence-corrected chi connectivity index (χ1v) is 6.15. The van der Waals surface area contributed by atoms with Crippen LogP contribution in [0.4, 0.5) is 0 Å². The predicted molar refractivity (Wildman–Crippen MR) is 69.9 cm³/mol. The summed E-state index contributed by atoms with van der Waals surface area (Å²) in [5.74, 6) is 1.21. The molecule has 1 atom stereocenters. The van der Waals surface area contributed by atoms with Gasteiger partial charge in [0.2, 0.25) is 11.7 Å². The van der Waals surface area contributed by atoms with Crippen molar-refractivity contribution in [2.45, 2.75) is 19.4 Å². The van der Waals surface area contributed by atoms with Gasteiger partial charge in [0.15, 0.2) is 0 Å². The number of rotatable bonds is 3. The van der Waals surface area contributed by atoms with Gasteiger partial charge in [0.05, 0.1) is 4.88 Å². The summed E-state index contributed by atoms with van der Waals surface area (Å²) in [7, 11) is 0. The Labute approximate surface area is 112 Å². The standard InChI is InChI=1S/C9H10BrN3OS.ClH/c1-5(11)2-8-12-9(13-14-8)7-3-6(10)4-15-7;/h3-5H,2,11H2,1H3;1H. The van der Waals surface area contributed by atoms with Gasteiger partial charge < -0.3 is 10.3 Å². The Morgan fingerprint density at radius 1 is 1.62 bits per heavy atom. The van der Waals surface area contributed by atoms with Crippen molar-refractivity contribution in [1.29, 1.82) is 0 Å². The minimum absolute atomic E-state index is 0. The second-order valence-corrected chi connectivity index (χ2v) is 5.15. The highest BCUT2D eigenvalue weighted by Gasteiger charge is 2.11. The second-order valence-electron chi connectivity index (χ2n) is 3.32. The SMILES string of the molecule is CC(N)Cc1nc(-c2cc(Br)cs2)no1.Cl. The zero-order valence-corrected chi connectivity index (χ0v) is 11.7. The summed E-state index contributed by atoms with van der Waals surface area (Å²) in [6.45, 7) is 1.91. The van der Waals surface area contributed by atoms with E-state index in [0.717, 1.165) is 9.35 Å². The fourth-order valence-corrected chi connectivity index (χ4v) is 2.50. The summed E-state index contributed by atoms with van der Waals surface area (Å²) in [6, 6.07) is 2.00. The molecule has 0 saturated heterocycles. The van der Waals surface area contributed by atoms with Gasteiger partial charge in [0.25, 0.3) is 0 Å². The summed E-state index contributed by atoms with van der Waals surface area (Å²) in [5.41, 5.74) is 5.64. The maximum Gasteiger partial charge on any atom is 0.228 e. The normalized spacial score (nSPS) is 12.2. The molecule has 0 aromatic carbocycles. The lowest BCUT2D eigenvalue weighted by atomic mass is 10.2. The molecule has 88 valence electrons. The predicted octanol–water partition coefficient (Wildman–Crippen LogP) is 2.87. The molecule has 0 aliphatic carbocycles. The van der Waals surface area contributed by atoms with Crippen LogP contribution in [0.1, 0.15) is 12.8 Å². The Bertz CT molecular complexity index is 457. The Hall–Kier alpha value is -0.430. The molecule has 1 unspecified atom stereocenters. The molecule has 4 nitrogen and oxygen atoms in total. The second kappa shape index (κ2) is 5.77. The van der Waals surface area contributed by atoms with Gasteiger partial charge in [-0.15, -0.1) is 23.7 Å². The highest BCUT2D eigenvalue weighted by atomic mass is 79.9. The maximum absolute atomic E-state index is 5.64. The summed E-state index contributed by atoms with van der Waals surface area (Å²) in [4.78, 5) is 5.25. The smallest absolute Gasteiger partial charge is 0.228 e. The highest BCUT2D eigenvalue weighted by Crippen LogP contribution is 2.27. The van der Waals surface area contributed by atoms with Gasteiger partial charge in [-0.25, -0.2) is 0 Å². The molecule has 2 heterocycles. The molecule has 2 aromatic rings. The molecule has 2 aromatic heterocycles. The first-order chi connectivity index (χ1) is 7.15. The number of nitrogens with zero attached hydrogens (tertiary/aromatic N) is 2. The first-order valence-electron chi connectivity index (χ1n) is 4.47. The average Bonchev–Trinajstić information content (AvgIpc) is 2.72. The lowest BCUT2D eigenvalue weighted by Gasteiger charge is -1.96. The van der Waals surface area contributed by atoms with E-state index in [4.69, 9.17) is 10.3 Å². The van der Waals surface area contributed by atoms with E-state index < -0.39 is 0 Å². The molecule has 0 aliphatic rings. The highest BCUT2D eigenvalue weighted by molar-refractivity contribution is 9.10. The molecular formula is C9H11BrClN3OS. The molecule has 0 radical (unpaired) electrons. The Balaban J connectivity index is 0.00000128. The van der Waals surface area contributed by atoms with Gasteiger partial charge >= 0.3 is 0 Å². The van der Waals surface area contributed by atoms with Crippen molar-refractivity contribution < 1.29 is 4.52 Å². The first kappa shape index (κ1) is 13.6. The van der Waals surface area contributed by atoms with E-state index in [1.807, 2.05) is 18.4 Å². The van der Waals surface area contributed by atoms with Crippen LogP contribution in [0, 0.1) is 0 Å². The van der Waals surface area contributed by atoms with Crippen molar-refractivity contribution in [3.8, 4) is 10.7 Å². The molecule has 0 fully saturated rings. The maximum atomic E-state index is 5.64. The third kappa shape index (κ3) is 3.28. The molecule has 0 spiro atoms. The number of aromatic nitrogens is 2. The van der Waals surface area contributed by atoms with Crippen molar-refractivity contribution in [3.63, 3.8) is 0 Å². The lowest BCUT2D eigenvalue weighted by molar-refractivity contribution is 0.372. The molecule has 2 N–H and O–H groups in total. The van der Waals surface area contributed by atoms with E-state index in [1.165, 1.54) is 0 Å². The number of nitrogens with two attached hydrogens (primary N) is 1. The van der Waals surface area contributed by atoms with Crippen LogP contribution in [0.3, 0.4) is 0 Å². The molecular weight excluding hydrogens is 314 g/mol. The fourth-order valence-electron chi connectivity index (χ4n) is 1.14. The molecule has 0 saturated carbocycles. The Morgan fingerprint density at radius 2 is 2.38 bits per heavy atom. The zero-order valence-electron chi connectivity index (χ0n) is 8.51. The third-order valence-corrected chi connectivity index (χ3v) is 3.44. The van der Waals surface area contributed by atoms with Crippen LogP contribution in [0.25, 0.3) is 10.7 Å². The van der Waals surface area contributed by atoms with E-state index in [9.17, 15) is 0 Å². The van der Waals surface area contributed by atoms with Gasteiger partial charge in [-0.05, 0) is 28.9 Å². The van der Waals surface area contributed by atoms with E-state index >= 15 is 0 Å². The Morgan fingerprint density at radius 3 is 2.94 bits per heavy atom. The molecule has 2 rings (SSSR count). The van der Waals surface area contributed by atoms with Crippen LogP contribution in [-0.2, 0) is 6.42 Å². The van der Waals surface area contributed by atoms with E-state index in [2.05, 4.69) is 26.1 Å². The van der Waals surface area contributed by atoms with Crippen molar-refractivity contribution >= 4 is 39.7 Å². The fraction of sp³-hybridized carbons (Fsp3) is 0.333. The number of hydrogen-bond donors (Lipinski definition) is 1. The van der Waals surface area contributed by atoms with Gasteiger partial charge in [-0.3, -0.25) is 0 Å². The molecule has 0 amide bonds. The zero-order chi connectivity index (χ0) is 10.8. The van der Waals surface area contributed by atoms with Crippen LogP contribution in [0.5, 0.6) is 0 Å². The van der Waals surface area contributed by atoms with Gasteiger partial charge in [0, 0.05) is 22.3 Å². The number of hydrogen-bond acceptors (Lipinski definition) is 5. The minimum atomic E-state index is 0. The quantitative estimate of drug-likeness (QED) is 0.943. The minimum Gasteiger partial charge on any atom is -0.339 e. The van der Waals surface area contributed by atoms with E-state index in [1.54, 1.807) is 11.3 Å². The van der Waals surface area contributed by atoms with Crippen molar-refractivity contribution in [2.24, 2.45) is 5.73 Å².